The zero-order chi connectivity index (χ0) is 19.4. The molecule has 0 amide bonds. The summed E-state index contributed by atoms with van der Waals surface area (Å²) in [6.07, 6.45) is 0. The molecule has 0 unspecified atom stereocenters. The fourth-order valence-corrected chi connectivity index (χ4v) is 4.15. The van der Waals surface area contributed by atoms with E-state index in [1.165, 1.54) is 26.0 Å². The number of hydrogen-bond donors (Lipinski definition) is 0. The van der Waals surface area contributed by atoms with Gasteiger partial charge in [-0.15, -0.1) is 0 Å². The number of halogens is 2. The Morgan fingerprint density at radius 2 is 1.71 bits per heavy atom. The molecule has 4 aromatic rings. The average Bonchev–Trinajstić information content (AvgIpc) is 3.05. The highest BCUT2D eigenvalue weighted by Gasteiger charge is 2.54. The van der Waals surface area contributed by atoms with Crippen LogP contribution in [0.25, 0.3) is 27.2 Å². The molecular formula is C21H17F2N. The second-order valence-corrected chi connectivity index (χ2v) is 7.07. The third-order valence-corrected chi connectivity index (χ3v) is 5.53. The van der Waals surface area contributed by atoms with E-state index in [1.807, 2.05) is 24.3 Å². The predicted octanol–water partition coefficient (Wildman–Crippen LogP) is 5.94. The molecule has 0 N–H and O–H groups in total. The van der Waals surface area contributed by atoms with Gasteiger partial charge in [0.05, 0.1) is 22.1 Å². The van der Waals surface area contributed by atoms with Crippen molar-refractivity contribution in [2.45, 2.75) is 32.0 Å². The Hall–Kier alpha value is -2.42. The van der Waals surface area contributed by atoms with Gasteiger partial charge in [0, 0.05) is 14.9 Å². The number of pyridine rings is 1. The van der Waals surface area contributed by atoms with Crippen molar-refractivity contribution in [2.24, 2.45) is 0 Å². The molecule has 1 aliphatic rings. The summed E-state index contributed by atoms with van der Waals surface area (Å²) in [6.45, 7) is 0.703. The first kappa shape index (κ1) is 11.2. The summed E-state index contributed by atoms with van der Waals surface area (Å²) in [6, 6.07) is 13.7. The van der Waals surface area contributed by atoms with Crippen LogP contribution in [-0.2, 0) is 11.3 Å². The van der Waals surface area contributed by atoms with E-state index in [9.17, 15) is 0 Å². The molecule has 0 atom stereocenters. The maximum atomic E-state index is 15.4. The Morgan fingerprint density at radius 3 is 2.46 bits per heavy atom. The van der Waals surface area contributed by atoms with E-state index in [2.05, 4.69) is 0 Å². The van der Waals surface area contributed by atoms with E-state index in [0.29, 0.717) is 22.0 Å². The van der Waals surface area contributed by atoms with Crippen molar-refractivity contribution in [3.05, 3.63) is 65.4 Å². The van der Waals surface area contributed by atoms with Crippen molar-refractivity contribution in [3.8, 4) is 0 Å². The van der Waals surface area contributed by atoms with Crippen molar-refractivity contribution < 1.29 is 12.9 Å². The van der Waals surface area contributed by atoms with Gasteiger partial charge in [-0.05, 0) is 49.3 Å². The quantitative estimate of drug-likeness (QED) is 0.353. The van der Waals surface area contributed by atoms with E-state index in [1.54, 1.807) is 16.5 Å². The van der Waals surface area contributed by atoms with Crippen LogP contribution in [0.4, 0.5) is 8.78 Å². The van der Waals surface area contributed by atoms with Gasteiger partial charge in [-0.25, -0.2) is 0 Å². The van der Waals surface area contributed by atoms with Gasteiger partial charge in [-0.3, -0.25) is 0 Å². The Labute approximate surface area is 142 Å². The highest BCUT2D eigenvalue weighted by Crippen LogP contribution is 2.53. The molecule has 5 rings (SSSR count). The van der Waals surface area contributed by atoms with Gasteiger partial charge in [0.1, 0.15) is 0 Å². The minimum Gasteiger partial charge on any atom is -0.307 e. The van der Waals surface area contributed by atoms with Gasteiger partial charge >= 0.3 is 0 Å². The van der Waals surface area contributed by atoms with Crippen molar-refractivity contribution >= 4 is 27.2 Å². The first-order chi connectivity index (χ1) is 12.6. The number of nitrogens with zero attached hydrogens (tertiary/aromatic N) is 1. The molecule has 24 heavy (non-hydrogen) atoms. The summed E-state index contributed by atoms with van der Waals surface area (Å²) in [7, 11) is 0. The lowest BCUT2D eigenvalue weighted by Gasteiger charge is -2.39. The van der Waals surface area contributed by atoms with E-state index >= 15 is 8.78 Å². The summed E-state index contributed by atoms with van der Waals surface area (Å²) >= 11 is 0. The Balaban J connectivity index is 2.20. The van der Waals surface area contributed by atoms with Crippen LogP contribution < -0.4 is 0 Å². The summed E-state index contributed by atoms with van der Waals surface area (Å²) in [5.41, 5.74) is 0.367. The standard InChI is InChI=1S/C21H17F2N/c1-12-8-9-15-19-18(12)14-7-5-4-6-13(14)16-10-11-17(24(16)19)21(22,23)20(15,2)3/h4-11H,1-3H3/i1D3. The largest absolute Gasteiger partial charge is 0.307 e. The van der Waals surface area contributed by atoms with Crippen LogP contribution in [0.3, 0.4) is 0 Å². The van der Waals surface area contributed by atoms with Crippen LogP contribution in [0.5, 0.6) is 0 Å². The van der Waals surface area contributed by atoms with Gasteiger partial charge in [0.25, 0.3) is 5.92 Å². The molecule has 0 fully saturated rings. The first-order valence-electron chi connectivity index (χ1n) is 9.45. The third kappa shape index (κ3) is 1.32. The van der Waals surface area contributed by atoms with E-state index in [0.717, 1.165) is 10.8 Å². The number of hydrogen-bond acceptors (Lipinski definition) is 0. The van der Waals surface area contributed by atoms with Gasteiger partial charge in [-0.2, -0.15) is 8.78 Å². The number of fused-ring (bicyclic) bond motifs is 3. The lowest BCUT2D eigenvalue weighted by atomic mass is 9.74. The van der Waals surface area contributed by atoms with Crippen molar-refractivity contribution in [2.75, 3.05) is 0 Å². The number of benzene rings is 2. The Kier molecular flexibility index (Phi) is 1.85. The average molecular weight is 324 g/mol. The molecule has 0 spiro atoms. The summed E-state index contributed by atoms with van der Waals surface area (Å²) in [4.78, 5) is 0. The SMILES string of the molecule is [2H]C([2H])([2H])c1ccc2c3c1c1ccccc1c1ccc(n13)C(F)(F)C2(C)C. The molecular weight excluding hydrogens is 304 g/mol. The fourth-order valence-electron chi connectivity index (χ4n) is 4.15. The molecule has 1 aliphatic heterocycles. The van der Waals surface area contributed by atoms with Crippen LogP contribution in [0.15, 0.2) is 48.5 Å². The van der Waals surface area contributed by atoms with Crippen LogP contribution >= 0.6 is 0 Å². The lowest BCUT2D eigenvalue weighted by molar-refractivity contribution is -0.0789. The van der Waals surface area contributed by atoms with Crippen LogP contribution in [0.1, 0.15) is 34.8 Å². The molecule has 2 aromatic heterocycles. The van der Waals surface area contributed by atoms with Crippen LogP contribution in [0, 0.1) is 6.85 Å². The molecule has 3 heteroatoms. The number of alkyl halides is 2. The molecule has 120 valence electrons. The van der Waals surface area contributed by atoms with Gasteiger partial charge in [0.15, 0.2) is 0 Å². The highest BCUT2D eigenvalue weighted by atomic mass is 19.3. The maximum absolute atomic E-state index is 15.4. The summed E-state index contributed by atoms with van der Waals surface area (Å²) in [5.74, 6) is -3.08. The molecule has 0 bridgehead atoms. The zero-order valence-electron chi connectivity index (χ0n) is 16.3. The summed E-state index contributed by atoms with van der Waals surface area (Å²) in [5, 5.41) is 2.09. The van der Waals surface area contributed by atoms with E-state index < -0.39 is 18.2 Å². The Bertz CT molecular complexity index is 1270. The van der Waals surface area contributed by atoms with Crippen molar-refractivity contribution in [1.29, 1.82) is 0 Å². The molecule has 0 radical (unpaired) electrons. The smallest absolute Gasteiger partial charge is 0.297 e. The first-order valence-corrected chi connectivity index (χ1v) is 7.95. The monoisotopic (exact) mass is 324 g/mol. The number of aryl methyl sites for hydroxylation is 1. The number of aromatic nitrogens is 1. The minimum atomic E-state index is -3.08. The van der Waals surface area contributed by atoms with Crippen LogP contribution in [-0.4, -0.2) is 4.40 Å². The highest BCUT2D eigenvalue weighted by molar-refractivity contribution is 6.15. The third-order valence-electron chi connectivity index (χ3n) is 5.53. The fraction of sp³-hybridized carbons (Fsp3) is 0.238. The minimum absolute atomic E-state index is 0.0894. The van der Waals surface area contributed by atoms with E-state index in [4.69, 9.17) is 4.11 Å². The zero-order valence-corrected chi connectivity index (χ0v) is 13.3. The molecule has 1 nitrogen and oxygen atoms in total. The topological polar surface area (TPSA) is 4.41 Å². The van der Waals surface area contributed by atoms with Gasteiger partial charge < -0.3 is 4.40 Å². The molecule has 0 saturated carbocycles. The second-order valence-electron chi connectivity index (χ2n) is 7.07. The number of rotatable bonds is 0. The summed E-state index contributed by atoms with van der Waals surface area (Å²) < 4.78 is 56.4. The Morgan fingerprint density at radius 1 is 0.958 bits per heavy atom. The van der Waals surface area contributed by atoms with Gasteiger partial charge in [0.2, 0.25) is 0 Å². The molecule has 0 saturated heterocycles. The molecule has 0 aliphatic carbocycles. The van der Waals surface area contributed by atoms with E-state index in [-0.39, 0.29) is 11.3 Å². The van der Waals surface area contributed by atoms with Crippen molar-refractivity contribution in [1.82, 2.24) is 4.40 Å². The van der Waals surface area contributed by atoms with Crippen molar-refractivity contribution in [3.63, 3.8) is 0 Å². The predicted molar refractivity (Wildman–Crippen MR) is 94.1 cm³/mol. The maximum Gasteiger partial charge on any atom is 0.297 e. The van der Waals surface area contributed by atoms with Gasteiger partial charge in [-0.1, -0.05) is 36.4 Å². The lowest BCUT2D eigenvalue weighted by Crippen LogP contribution is -2.42. The normalized spacial score (nSPS) is 20.4. The second kappa shape index (κ2) is 3.97. The van der Waals surface area contributed by atoms with Crippen LogP contribution in [0.2, 0.25) is 0 Å². The molecule has 3 heterocycles. The molecule has 2 aromatic carbocycles.